The van der Waals surface area contributed by atoms with E-state index in [9.17, 15) is 13.6 Å². The number of benzene rings is 1. The highest BCUT2D eigenvalue weighted by molar-refractivity contribution is 5.96. The number of aryl methyl sites for hydroxylation is 1. The smallest absolute Gasteiger partial charge is 0.231 e. The summed E-state index contributed by atoms with van der Waals surface area (Å²) in [5.74, 6) is -0.364. The number of fused-ring (bicyclic) bond motifs is 1. The average Bonchev–Trinajstić information content (AvgIpc) is 3.27. The molecule has 0 unspecified atom stereocenters. The van der Waals surface area contributed by atoms with Gasteiger partial charge in [0.25, 0.3) is 0 Å². The lowest BCUT2D eigenvalue weighted by molar-refractivity contribution is -0.117. The molecular formula is C19H17F2N3O2. The van der Waals surface area contributed by atoms with Crippen molar-refractivity contribution in [2.75, 3.05) is 12.4 Å². The third-order valence-electron chi connectivity index (χ3n) is 4.67. The zero-order valence-electron chi connectivity index (χ0n) is 14.3. The van der Waals surface area contributed by atoms with E-state index in [4.69, 9.17) is 4.74 Å². The first-order chi connectivity index (χ1) is 12.5. The molecule has 1 aliphatic carbocycles. The molecule has 134 valence electrons. The Kier molecular flexibility index (Phi) is 3.86. The van der Waals surface area contributed by atoms with Crippen LogP contribution in [0.4, 0.5) is 14.6 Å². The van der Waals surface area contributed by atoms with E-state index in [1.165, 1.54) is 19.2 Å². The van der Waals surface area contributed by atoms with Crippen LogP contribution in [0.2, 0.25) is 0 Å². The molecule has 0 spiro atoms. The molecule has 0 saturated heterocycles. The topological polar surface area (TPSA) is 56.1 Å². The summed E-state index contributed by atoms with van der Waals surface area (Å²) in [5.41, 5.74) is 2.20. The number of carbonyl (C=O) groups excluding carboxylic acids is 1. The van der Waals surface area contributed by atoms with Crippen LogP contribution in [0.15, 0.2) is 36.5 Å². The van der Waals surface area contributed by atoms with Crippen molar-refractivity contribution in [3.8, 4) is 17.0 Å². The molecule has 2 heterocycles. The number of rotatable bonds is 4. The number of halogens is 2. The Morgan fingerprint density at radius 1 is 1.35 bits per heavy atom. The second-order valence-electron chi connectivity index (χ2n) is 6.41. The predicted octanol–water partition coefficient (Wildman–Crippen LogP) is 3.68. The minimum absolute atomic E-state index is 0.267. The van der Waals surface area contributed by atoms with Crippen LogP contribution in [0, 0.1) is 11.7 Å². The first kappa shape index (κ1) is 16.5. The maximum atomic E-state index is 13.7. The first-order valence-corrected chi connectivity index (χ1v) is 8.22. The van der Waals surface area contributed by atoms with E-state index in [1.54, 1.807) is 18.3 Å². The lowest BCUT2D eigenvalue weighted by Crippen LogP contribution is -2.15. The van der Waals surface area contributed by atoms with Gasteiger partial charge < -0.3 is 14.6 Å². The van der Waals surface area contributed by atoms with Crippen molar-refractivity contribution in [2.45, 2.75) is 12.6 Å². The Labute approximate surface area is 148 Å². The first-order valence-electron chi connectivity index (χ1n) is 8.22. The zero-order chi connectivity index (χ0) is 18.4. The van der Waals surface area contributed by atoms with Crippen LogP contribution in [0.1, 0.15) is 6.42 Å². The molecule has 1 fully saturated rings. The van der Waals surface area contributed by atoms with E-state index >= 15 is 0 Å². The number of anilines is 1. The standard InChI is InChI=1S/C19H17F2N3O2/c1-24-15(13-7-11(20)3-4-17(13)26-2)5-10-6-18(22-9-16(10)24)23-19(25)12-8-14(12)21/h3-7,9,12,14H,8H2,1-2H3,(H,22,23,25)/t12-,14+/m1/s1. The largest absolute Gasteiger partial charge is 0.496 e. The van der Waals surface area contributed by atoms with Gasteiger partial charge in [0.1, 0.15) is 23.6 Å². The summed E-state index contributed by atoms with van der Waals surface area (Å²) in [4.78, 5) is 16.1. The van der Waals surface area contributed by atoms with Crippen LogP contribution in [0.3, 0.4) is 0 Å². The van der Waals surface area contributed by atoms with Gasteiger partial charge in [-0.2, -0.15) is 0 Å². The fraction of sp³-hybridized carbons (Fsp3) is 0.263. The van der Waals surface area contributed by atoms with Gasteiger partial charge in [-0.25, -0.2) is 13.8 Å². The molecule has 1 N–H and O–H groups in total. The molecule has 2 aromatic heterocycles. The maximum absolute atomic E-state index is 13.7. The third kappa shape index (κ3) is 2.79. The molecule has 7 heteroatoms. The lowest BCUT2D eigenvalue weighted by atomic mass is 10.1. The minimum Gasteiger partial charge on any atom is -0.496 e. The molecule has 0 bridgehead atoms. The highest BCUT2D eigenvalue weighted by Crippen LogP contribution is 2.36. The van der Waals surface area contributed by atoms with Gasteiger partial charge in [0, 0.05) is 18.0 Å². The van der Waals surface area contributed by atoms with E-state index in [0.717, 1.165) is 16.6 Å². The van der Waals surface area contributed by atoms with Gasteiger partial charge in [0.05, 0.1) is 30.4 Å². The Morgan fingerprint density at radius 3 is 2.81 bits per heavy atom. The zero-order valence-corrected chi connectivity index (χ0v) is 14.3. The van der Waals surface area contributed by atoms with E-state index in [1.807, 2.05) is 17.7 Å². The molecule has 0 aliphatic heterocycles. The number of alkyl halides is 1. The van der Waals surface area contributed by atoms with E-state index in [2.05, 4.69) is 10.3 Å². The number of aromatic nitrogens is 2. The number of pyridine rings is 1. The number of carbonyl (C=O) groups is 1. The Hall–Kier alpha value is -2.96. The van der Waals surface area contributed by atoms with Crippen LogP contribution < -0.4 is 10.1 Å². The summed E-state index contributed by atoms with van der Waals surface area (Å²) in [5, 5.41) is 3.47. The molecule has 2 atom stereocenters. The van der Waals surface area contributed by atoms with E-state index in [-0.39, 0.29) is 18.1 Å². The summed E-state index contributed by atoms with van der Waals surface area (Å²) < 4.78 is 33.9. The van der Waals surface area contributed by atoms with Crippen LogP contribution in [-0.2, 0) is 11.8 Å². The van der Waals surface area contributed by atoms with Crippen LogP contribution in [0.5, 0.6) is 5.75 Å². The normalized spacial score (nSPS) is 18.8. The fourth-order valence-electron chi connectivity index (χ4n) is 3.09. The van der Waals surface area contributed by atoms with Crippen molar-refractivity contribution in [2.24, 2.45) is 13.0 Å². The molecule has 26 heavy (non-hydrogen) atoms. The molecule has 1 aromatic carbocycles. The summed E-state index contributed by atoms with van der Waals surface area (Å²) in [6.45, 7) is 0. The van der Waals surface area contributed by atoms with Gasteiger partial charge in [-0.15, -0.1) is 0 Å². The number of methoxy groups -OCH3 is 1. The Morgan fingerprint density at radius 2 is 2.12 bits per heavy atom. The summed E-state index contributed by atoms with van der Waals surface area (Å²) >= 11 is 0. The molecule has 3 aromatic rings. The van der Waals surface area contributed by atoms with Crippen molar-refractivity contribution in [1.29, 1.82) is 0 Å². The maximum Gasteiger partial charge on any atom is 0.231 e. The van der Waals surface area contributed by atoms with Gasteiger partial charge in [0.2, 0.25) is 5.91 Å². The number of nitrogens with zero attached hydrogens (tertiary/aromatic N) is 2. The van der Waals surface area contributed by atoms with Crippen molar-refractivity contribution in [3.63, 3.8) is 0 Å². The van der Waals surface area contributed by atoms with E-state index < -0.39 is 12.1 Å². The van der Waals surface area contributed by atoms with Gasteiger partial charge in [-0.3, -0.25) is 4.79 Å². The number of nitrogens with one attached hydrogen (secondary N) is 1. The lowest BCUT2D eigenvalue weighted by Gasteiger charge is -2.10. The number of ether oxygens (including phenoxy) is 1. The summed E-state index contributed by atoms with van der Waals surface area (Å²) in [7, 11) is 3.38. The fourth-order valence-corrected chi connectivity index (χ4v) is 3.09. The average molecular weight is 357 g/mol. The van der Waals surface area contributed by atoms with Gasteiger partial charge in [0.15, 0.2) is 0 Å². The molecule has 0 radical (unpaired) electrons. The molecule has 1 aliphatic rings. The minimum atomic E-state index is -1.05. The second kappa shape index (κ2) is 6.09. The number of hydrogen-bond donors (Lipinski definition) is 1. The number of amides is 1. The quantitative estimate of drug-likeness (QED) is 0.775. The highest BCUT2D eigenvalue weighted by Gasteiger charge is 2.43. The SMILES string of the molecule is COc1ccc(F)cc1-c1cc2cc(NC(=O)[C@@H]3C[C@@H]3F)ncc2n1C. The van der Waals surface area contributed by atoms with Crippen molar-refractivity contribution in [3.05, 3.63) is 42.3 Å². The predicted molar refractivity (Wildman–Crippen MR) is 94.3 cm³/mol. The molecule has 4 rings (SSSR count). The Bertz CT molecular complexity index is 1020. The molecule has 5 nitrogen and oxygen atoms in total. The highest BCUT2D eigenvalue weighted by atomic mass is 19.1. The molecule has 1 amide bonds. The van der Waals surface area contributed by atoms with Gasteiger partial charge >= 0.3 is 0 Å². The third-order valence-corrected chi connectivity index (χ3v) is 4.67. The van der Waals surface area contributed by atoms with Crippen molar-refractivity contribution >= 4 is 22.6 Å². The van der Waals surface area contributed by atoms with Crippen molar-refractivity contribution < 1.29 is 18.3 Å². The summed E-state index contributed by atoms with van der Waals surface area (Å²) in [6, 6.07) is 7.93. The van der Waals surface area contributed by atoms with Gasteiger partial charge in [-0.05, 0) is 36.8 Å². The van der Waals surface area contributed by atoms with Crippen LogP contribution in [-0.4, -0.2) is 28.7 Å². The van der Waals surface area contributed by atoms with Gasteiger partial charge in [-0.1, -0.05) is 0 Å². The second-order valence-corrected chi connectivity index (χ2v) is 6.41. The van der Waals surface area contributed by atoms with Crippen LogP contribution in [0.25, 0.3) is 22.2 Å². The number of hydrogen-bond acceptors (Lipinski definition) is 3. The summed E-state index contributed by atoms with van der Waals surface area (Å²) in [6.07, 6.45) is 0.839. The Balaban J connectivity index is 1.73. The molecule has 1 saturated carbocycles. The van der Waals surface area contributed by atoms with Crippen molar-refractivity contribution in [1.82, 2.24) is 9.55 Å². The van der Waals surface area contributed by atoms with Crippen LogP contribution >= 0.6 is 0 Å². The molecular weight excluding hydrogens is 340 g/mol. The monoisotopic (exact) mass is 357 g/mol. The van der Waals surface area contributed by atoms with E-state index in [0.29, 0.717) is 17.1 Å².